The van der Waals surface area contributed by atoms with Crippen LogP contribution in [-0.4, -0.2) is 16.7 Å². The van der Waals surface area contributed by atoms with Crippen molar-refractivity contribution in [3.05, 3.63) is 41.2 Å². The number of nitrogens with one attached hydrogen (secondary N) is 1. The molecule has 4 nitrogen and oxygen atoms in total. The summed E-state index contributed by atoms with van der Waals surface area (Å²) in [5.41, 5.74) is 2.72. The molecule has 0 radical (unpaired) electrons. The number of aromatic nitrogens is 2. The topological polar surface area (TPSA) is 51.0 Å². The molecule has 2 aromatic rings. The van der Waals surface area contributed by atoms with Gasteiger partial charge in [-0.2, -0.15) is 4.98 Å². The average molecular weight is 243 g/mol. The van der Waals surface area contributed by atoms with Crippen molar-refractivity contribution in [1.29, 1.82) is 0 Å². The van der Waals surface area contributed by atoms with E-state index < -0.39 is 0 Å². The molecule has 1 unspecified atom stereocenters. The fraction of sp³-hybridized carbons (Fsp3) is 0.429. The summed E-state index contributed by atoms with van der Waals surface area (Å²) in [6.45, 7) is 5.14. The van der Waals surface area contributed by atoms with Crippen LogP contribution in [0.3, 0.4) is 0 Å². The normalized spacial score (nSPS) is 17.4. The van der Waals surface area contributed by atoms with Gasteiger partial charge in [0.2, 0.25) is 0 Å². The van der Waals surface area contributed by atoms with E-state index in [4.69, 9.17) is 4.52 Å². The van der Waals surface area contributed by atoms with E-state index in [0.717, 1.165) is 18.8 Å². The van der Waals surface area contributed by atoms with E-state index in [1.807, 2.05) is 0 Å². The molecule has 1 atom stereocenters. The minimum absolute atomic E-state index is 0.305. The Balaban J connectivity index is 1.72. The molecule has 4 heteroatoms. The van der Waals surface area contributed by atoms with Gasteiger partial charge in [-0.3, -0.25) is 0 Å². The van der Waals surface area contributed by atoms with Gasteiger partial charge in [0.15, 0.2) is 5.82 Å². The summed E-state index contributed by atoms with van der Waals surface area (Å²) in [6, 6.07) is 8.96. The quantitative estimate of drug-likeness (QED) is 0.897. The number of benzene rings is 1. The van der Waals surface area contributed by atoms with Crippen LogP contribution in [0.25, 0.3) is 0 Å². The molecule has 94 valence electrons. The Labute approximate surface area is 106 Å². The molecule has 1 aromatic heterocycles. The zero-order chi connectivity index (χ0) is 12.5. The molecule has 0 fully saturated rings. The molecule has 0 saturated heterocycles. The monoisotopic (exact) mass is 243 g/mol. The molecule has 1 aliphatic rings. The first-order chi connectivity index (χ1) is 8.74. The minimum atomic E-state index is 0.305. The number of hydrogen-bond acceptors (Lipinski definition) is 4. The van der Waals surface area contributed by atoms with Gasteiger partial charge in [-0.1, -0.05) is 43.3 Å². The Hall–Kier alpha value is -1.84. The molecule has 1 aliphatic carbocycles. The predicted molar refractivity (Wildman–Crippen MR) is 69.6 cm³/mol. The van der Waals surface area contributed by atoms with Crippen LogP contribution in [0.5, 0.6) is 0 Å². The van der Waals surface area contributed by atoms with Gasteiger partial charge in [-0.25, -0.2) is 0 Å². The molecule has 0 amide bonds. The molecule has 0 aliphatic heterocycles. The highest BCUT2D eigenvalue weighted by molar-refractivity contribution is 5.44. The van der Waals surface area contributed by atoms with Crippen LogP contribution < -0.4 is 5.32 Å². The highest BCUT2D eigenvalue weighted by atomic mass is 16.5. The Morgan fingerprint density at radius 2 is 2.22 bits per heavy atom. The fourth-order valence-corrected chi connectivity index (χ4v) is 2.23. The van der Waals surface area contributed by atoms with Gasteiger partial charge < -0.3 is 9.84 Å². The summed E-state index contributed by atoms with van der Waals surface area (Å²) in [7, 11) is 0. The lowest BCUT2D eigenvalue weighted by atomic mass is 9.77. The summed E-state index contributed by atoms with van der Waals surface area (Å²) < 4.78 is 5.21. The van der Waals surface area contributed by atoms with Crippen molar-refractivity contribution in [2.75, 3.05) is 11.9 Å². The zero-order valence-electron chi connectivity index (χ0n) is 10.7. The van der Waals surface area contributed by atoms with Crippen molar-refractivity contribution in [1.82, 2.24) is 10.1 Å². The largest absolute Gasteiger partial charge is 0.337 e. The van der Waals surface area contributed by atoms with Crippen LogP contribution in [0.4, 0.5) is 6.01 Å². The number of fused-ring (bicyclic) bond motifs is 1. The molecule has 0 spiro atoms. The van der Waals surface area contributed by atoms with Crippen molar-refractivity contribution in [3.63, 3.8) is 0 Å². The smallest absolute Gasteiger partial charge is 0.321 e. The van der Waals surface area contributed by atoms with Gasteiger partial charge in [0, 0.05) is 6.54 Å². The summed E-state index contributed by atoms with van der Waals surface area (Å²) in [6.07, 6.45) is 1.01. The standard InChI is InChI=1S/C14H17N3O/c1-9(2)8-15-14-16-13(17-18-14)12-7-10-5-3-4-6-11(10)12/h3-6,9,12H,7-8H2,1-2H3,(H,15,16,17). The third-order valence-electron chi connectivity index (χ3n) is 3.27. The fourth-order valence-electron chi connectivity index (χ4n) is 2.23. The molecule has 18 heavy (non-hydrogen) atoms. The lowest BCUT2D eigenvalue weighted by Gasteiger charge is -2.26. The summed E-state index contributed by atoms with van der Waals surface area (Å²) in [5, 5.41) is 7.22. The van der Waals surface area contributed by atoms with Crippen LogP contribution in [0.15, 0.2) is 28.8 Å². The first kappa shape index (κ1) is 11.3. The summed E-state index contributed by atoms with van der Waals surface area (Å²) >= 11 is 0. The Bertz CT molecular complexity index is 547. The van der Waals surface area contributed by atoms with E-state index in [1.54, 1.807) is 0 Å². The first-order valence-corrected chi connectivity index (χ1v) is 6.39. The number of nitrogens with zero attached hydrogens (tertiary/aromatic N) is 2. The maximum Gasteiger partial charge on any atom is 0.321 e. The van der Waals surface area contributed by atoms with Crippen LogP contribution in [0, 0.1) is 5.92 Å². The first-order valence-electron chi connectivity index (χ1n) is 6.39. The predicted octanol–water partition coefficient (Wildman–Crippen LogP) is 2.83. The van der Waals surface area contributed by atoms with Crippen LogP contribution in [-0.2, 0) is 6.42 Å². The van der Waals surface area contributed by atoms with Crippen LogP contribution >= 0.6 is 0 Å². The maximum absolute atomic E-state index is 5.21. The Morgan fingerprint density at radius 1 is 1.39 bits per heavy atom. The molecular formula is C14H17N3O. The van der Waals surface area contributed by atoms with E-state index in [-0.39, 0.29) is 0 Å². The second kappa shape index (κ2) is 4.44. The minimum Gasteiger partial charge on any atom is -0.337 e. The second-order valence-corrected chi connectivity index (χ2v) is 5.19. The van der Waals surface area contributed by atoms with Crippen molar-refractivity contribution in [2.24, 2.45) is 5.92 Å². The highest BCUT2D eigenvalue weighted by Gasteiger charge is 2.30. The van der Waals surface area contributed by atoms with Gasteiger partial charge in [0.05, 0.1) is 5.92 Å². The van der Waals surface area contributed by atoms with Crippen molar-refractivity contribution in [2.45, 2.75) is 26.2 Å². The molecule has 0 bridgehead atoms. The van der Waals surface area contributed by atoms with Crippen molar-refractivity contribution >= 4 is 6.01 Å². The Morgan fingerprint density at radius 3 is 3.00 bits per heavy atom. The zero-order valence-corrected chi connectivity index (χ0v) is 10.7. The van der Waals surface area contributed by atoms with Gasteiger partial charge in [0.1, 0.15) is 0 Å². The molecular weight excluding hydrogens is 226 g/mol. The van der Waals surface area contributed by atoms with Crippen molar-refractivity contribution in [3.8, 4) is 0 Å². The summed E-state index contributed by atoms with van der Waals surface area (Å²) in [4.78, 5) is 4.41. The molecule has 1 aromatic carbocycles. The number of rotatable bonds is 4. The van der Waals surface area contributed by atoms with Gasteiger partial charge in [-0.15, -0.1) is 0 Å². The SMILES string of the molecule is CC(C)CNc1nc(C2Cc3ccccc32)no1. The van der Waals surface area contributed by atoms with E-state index in [9.17, 15) is 0 Å². The molecule has 0 saturated carbocycles. The number of anilines is 1. The van der Waals surface area contributed by atoms with Crippen molar-refractivity contribution < 1.29 is 4.52 Å². The lowest BCUT2D eigenvalue weighted by molar-refractivity contribution is 0.414. The Kier molecular flexibility index (Phi) is 2.78. The van der Waals surface area contributed by atoms with E-state index in [0.29, 0.717) is 17.9 Å². The molecule has 1 N–H and O–H groups in total. The van der Waals surface area contributed by atoms with Gasteiger partial charge in [0.25, 0.3) is 0 Å². The number of hydrogen-bond donors (Lipinski definition) is 1. The molecule has 3 rings (SSSR count). The van der Waals surface area contributed by atoms with E-state index in [1.165, 1.54) is 11.1 Å². The van der Waals surface area contributed by atoms with Crippen LogP contribution in [0.1, 0.15) is 36.7 Å². The van der Waals surface area contributed by atoms with E-state index >= 15 is 0 Å². The lowest BCUT2D eigenvalue weighted by Crippen LogP contribution is -2.19. The average Bonchev–Trinajstić information content (AvgIpc) is 2.77. The third-order valence-corrected chi connectivity index (χ3v) is 3.27. The third kappa shape index (κ3) is 1.98. The highest BCUT2D eigenvalue weighted by Crippen LogP contribution is 2.38. The summed E-state index contributed by atoms with van der Waals surface area (Å²) in [5.74, 6) is 1.66. The second-order valence-electron chi connectivity index (χ2n) is 5.19. The van der Waals surface area contributed by atoms with Gasteiger partial charge >= 0.3 is 6.01 Å². The van der Waals surface area contributed by atoms with E-state index in [2.05, 4.69) is 53.6 Å². The maximum atomic E-state index is 5.21. The van der Waals surface area contributed by atoms with Gasteiger partial charge in [-0.05, 0) is 23.5 Å². The van der Waals surface area contributed by atoms with Crippen LogP contribution in [0.2, 0.25) is 0 Å². The molecule has 1 heterocycles.